The van der Waals surface area contributed by atoms with Crippen LogP contribution in [0.2, 0.25) is 0 Å². The summed E-state index contributed by atoms with van der Waals surface area (Å²) in [5, 5.41) is 2.97. The Labute approximate surface area is 110 Å². The number of ether oxygens (including phenoxy) is 1. The first-order chi connectivity index (χ1) is 8.65. The molecular weight excluding hydrogens is 249 g/mol. The van der Waals surface area contributed by atoms with Gasteiger partial charge in [-0.25, -0.2) is 9.37 Å². The molecule has 4 heteroatoms. The summed E-state index contributed by atoms with van der Waals surface area (Å²) in [6.45, 7) is 4.30. The average Bonchev–Trinajstić information content (AvgIpc) is 2.88. The largest absolute Gasteiger partial charge is 0.494 e. The molecule has 0 aliphatic rings. The Morgan fingerprint density at radius 3 is 2.89 bits per heavy atom. The van der Waals surface area contributed by atoms with E-state index in [0.29, 0.717) is 5.92 Å². The standard InChI is InChI=1S/C14H16FNOS/c1-4-9(2)12-8-18-14(16-12)10-5-6-11(15)13(7-10)17-3/h5-9H,4H2,1-3H3. The van der Waals surface area contributed by atoms with E-state index in [1.165, 1.54) is 13.2 Å². The molecule has 2 nitrogen and oxygen atoms in total. The summed E-state index contributed by atoms with van der Waals surface area (Å²) in [6.07, 6.45) is 1.07. The van der Waals surface area contributed by atoms with E-state index >= 15 is 0 Å². The average molecular weight is 265 g/mol. The van der Waals surface area contributed by atoms with E-state index in [0.717, 1.165) is 22.7 Å². The topological polar surface area (TPSA) is 22.1 Å². The van der Waals surface area contributed by atoms with Crippen molar-refractivity contribution in [2.24, 2.45) is 0 Å². The number of methoxy groups -OCH3 is 1. The summed E-state index contributed by atoms with van der Waals surface area (Å²) in [6, 6.07) is 4.84. The van der Waals surface area contributed by atoms with Crippen molar-refractivity contribution in [3.05, 3.63) is 35.1 Å². The lowest BCUT2D eigenvalue weighted by Gasteiger charge is -2.04. The zero-order valence-corrected chi connectivity index (χ0v) is 11.6. The van der Waals surface area contributed by atoms with Crippen LogP contribution in [0.1, 0.15) is 31.9 Å². The van der Waals surface area contributed by atoms with Crippen LogP contribution >= 0.6 is 11.3 Å². The molecule has 0 amide bonds. The van der Waals surface area contributed by atoms with Crippen molar-refractivity contribution in [1.82, 2.24) is 4.98 Å². The van der Waals surface area contributed by atoms with E-state index in [1.807, 2.05) is 0 Å². The van der Waals surface area contributed by atoms with Gasteiger partial charge in [-0.1, -0.05) is 13.8 Å². The predicted molar refractivity (Wildman–Crippen MR) is 72.8 cm³/mol. The molecule has 18 heavy (non-hydrogen) atoms. The zero-order chi connectivity index (χ0) is 13.1. The molecule has 0 saturated heterocycles. The highest BCUT2D eigenvalue weighted by atomic mass is 32.1. The lowest BCUT2D eigenvalue weighted by Crippen LogP contribution is -1.92. The van der Waals surface area contributed by atoms with Crippen molar-refractivity contribution in [2.75, 3.05) is 7.11 Å². The number of benzene rings is 1. The Balaban J connectivity index is 2.34. The fraction of sp³-hybridized carbons (Fsp3) is 0.357. The second-order valence-electron chi connectivity index (χ2n) is 4.24. The van der Waals surface area contributed by atoms with Crippen molar-refractivity contribution in [3.8, 4) is 16.3 Å². The van der Waals surface area contributed by atoms with Gasteiger partial charge in [0.1, 0.15) is 5.01 Å². The van der Waals surface area contributed by atoms with E-state index in [4.69, 9.17) is 4.74 Å². The van der Waals surface area contributed by atoms with Gasteiger partial charge >= 0.3 is 0 Å². The minimum Gasteiger partial charge on any atom is -0.494 e. The quantitative estimate of drug-likeness (QED) is 0.813. The van der Waals surface area contributed by atoms with Crippen LogP contribution in [0.3, 0.4) is 0 Å². The van der Waals surface area contributed by atoms with Crippen molar-refractivity contribution >= 4 is 11.3 Å². The molecule has 1 heterocycles. The highest BCUT2D eigenvalue weighted by Crippen LogP contribution is 2.31. The van der Waals surface area contributed by atoms with Crippen molar-refractivity contribution in [3.63, 3.8) is 0 Å². The van der Waals surface area contributed by atoms with Crippen LogP contribution in [0.5, 0.6) is 5.75 Å². The Kier molecular flexibility index (Phi) is 3.97. The van der Waals surface area contributed by atoms with Gasteiger partial charge in [0.05, 0.1) is 12.8 Å². The molecule has 0 aliphatic heterocycles. The summed E-state index contributed by atoms with van der Waals surface area (Å²) in [5.41, 5.74) is 1.99. The summed E-state index contributed by atoms with van der Waals surface area (Å²) >= 11 is 1.58. The molecule has 0 aliphatic carbocycles. The summed E-state index contributed by atoms with van der Waals surface area (Å²) in [7, 11) is 1.47. The molecule has 2 rings (SSSR count). The number of hydrogen-bond acceptors (Lipinski definition) is 3. The van der Waals surface area contributed by atoms with Crippen LogP contribution in [-0.4, -0.2) is 12.1 Å². The SMILES string of the molecule is CCC(C)c1csc(-c2ccc(F)c(OC)c2)n1. The number of rotatable bonds is 4. The molecule has 0 spiro atoms. The molecule has 0 radical (unpaired) electrons. The van der Waals surface area contributed by atoms with Crippen LogP contribution in [0.4, 0.5) is 4.39 Å². The highest BCUT2D eigenvalue weighted by molar-refractivity contribution is 7.13. The second-order valence-corrected chi connectivity index (χ2v) is 5.09. The van der Waals surface area contributed by atoms with Crippen LogP contribution < -0.4 is 4.74 Å². The molecule has 96 valence electrons. The molecule has 2 aromatic rings. The highest BCUT2D eigenvalue weighted by Gasteiger charge is 2.11. The molecule has 0 fully saturated rings. The normalized spacial score (nSPS) is 12.4. The van der Waals surface area contributed by atoms with Crippen molar-refractivity contribution in [2.45, 2.75) is 26.2 Å². The third kappa shape index (κ3) is 2.53. The maximum atomic E-state index is 13.3. The van der Waals surface area contributed by atoms with E-state index in [-0.39, 0.29) is 11.6 Å². The Morgan fingerprint density at radius 2 is 2.22 bits per heavy atom. The summed E-state index contributed by atoms with van der Waals surface area (Å²) in [4.78, 5) is 4.60. The monoisotopic (exact) mass is 265 g/mol. The Morgan fingerprint density at radius 1 is 1.44 bits per heavy atom. The third-order valence-corrected chi connectivity index (χ3v) is 3.95. The fourth-order valence-corrected chi connectivity index (χ4v) is 2.59. The molecule has 1 unspecified atom stereocenters. The molecule has 1 aromatic carbocycles. The lowest BCUT2D eigenvalue weighted by molar-refractivity contribution is 0.387. The number of hydrogen-bond donors (Lipinski definition) is 0. The van der Waals surface area contributed by atoms with Crippen LogP contribution in [0, 0.1) is 5.82 Å². The van der Waals surface area contributed by atoms with Gasteiger partial charge in [-0.2, -0.15) is 0 Å². The minimum atomic E-state index is -0.347. The number of nitrogens with zero attached hydrogens (tertiary/aromatic N) is 1. The summed E-state index contributed by atoms with van der Waals surface area (Å²) < 4.78 is 18.3. The third-order valence-electron chi connectivity index (χ3n) is 3.04. The maximum Gasteiger partial charge on any atom is 0.165 e. The Bertz CT molecular complexity index is 538. The van der Waals surface area contributed by atoms with E-state index in [9.17, 15) is 4.39 Å². The van der Waals surface area contributed by atoms with Gasteiger partial charge in [0.15, 0.2) is 11.6 Å². The van der Waals surface area contributed by atoms with E-state index in [2.05, 4.69) is 24.2 Å². The maximum absolute atomic E-state index is 13.3. The first kappa shape index (κ1) is 13.0. The summed E-state index contributed by atoms with van der Waals surface area (Å²) in [5.74, 6) is 0.366. The first-order valence-corrected chi connectivity index (χ1v) is 6.83. The van der Waals surface area contributed by atoms with Gasteiger partial charge in [-0.15, -0.1) is 11.3 Å². The van der Waals surface area contributed by atoms with E-state index in [1.54, 1.807) is 23.5 Å². The van der Waals surface area contributed by atoms with Gasteiger partial charge in [0.25, 0.3) is 0 Å². The second kappa shape index (κ2) is 5.48. The predicted octanol–water partition coefficient (Wildman–Crippen LogP) is 4.47. The fourth-order valence-electron chi connectivity index (χ4n) is 1.65. The van der Waals surface area contributed by atoms with E-state index < -0.39 is 0 Å². The number of aromatic nitrogens is 1. The van der Waals surface area contributed by atoms with Crippen molar-refractivity contribution < 1.29 is 9.13 Å². The molecule has 0 bridgehead atoms. The first-order valence-electron chi connectivity index (χ1n) is 5.95. The van der Waals surface area contributed by atoms with Crippen molar-refractivity contribution in [1.29, 1.82) is 0 Å². The molecule has 0 N–H and O–H groups in total. The zero-order valence-electron chi connectivity index (χ0n) is 10.7. The minimum absolute atomic E-state index is 0.257. The molecular formula is C14H16FNOS. The van der Waals surface area contributed by atoms with Crippen LogP contribution in [0.15, 0.2) is 23.6 Å². The number of thiazole rings is 1. The smallest absolute Gasteiger partial charge is 0.165 e. The molecule has 0 saturated carbocycles. The van der Waals surface area contributed by atoms with Crippen LogP contribution in [0.25, 0.3) is 10.6 Å². The molecule has 1 atom stereocenters. The van der Waals surface area contributed by atoms with Gasteiger partial charge < -0.3 is 4.74 Å². The van der Waals surface area contributed by atoms with Gasteiger partial charge in [-0.3, -0.25) is 0 Å². The van der Waals surface area contributed by atoms with Crippen LogP contribution in [-0.2, 0) is 0 Å². The van der Waals surface area contributed by atoms with Gasteiger partial charge in [0, 0.05) is 10.9 Å². The Hall–Kier alpha value is -1.42. The number of halogens is 1. The molecule has 1 aromatic heterocycles. The van der Waals surface area contributed by atoms with Gasteiger partial charge in [0.2, 0.25) is 0 Å². The van der Waals surface area contributed by atoms with Gasteiger partial charge in [-0.05, 0) is 30.5 Å². The lowest BCUT2D eigenvalue weighted by atomic mass is 10.1.